The lowest BCUT2D eigenvalue weighted by atomic mass is 9.97. The second-order valence-corrected chi connectivity index (χ2v) is 15.0. The zero-order chi connectivity index (χ0) is 20.8. The lowest BCUT2D eigenvalue weighted by Gasteiger charge is -2.36. The van der Waals surface area contributed by atoms with Gasteiger partial charge in [-0.1, -0.05) is 97.5 Å². The van der Waals surface area contributed by atoms with Gasteiger partial charge in [-0.15, -0.1) is 6.58 Å². The number of hydrogen-bond acceptors (Lipinski definition) is 2. The highest BCUT2D eigenvalue weighted by Gasteiger charge is 2.36. The molecule has 3 heteroatoms. The molecule has 0 aliphatic rings. The van der Waals surface area contributed by atoms with Gasteiger partial charge in [0.15, 0.2) is 8.32 Å². The molecule has 162 valence electrons. The Morgan fingerprint density at radius 3 is 1.48 bits per heavy atom. The molecule has 0 aromatic carbocycles. The van der Waals surface area contributed by atoms with Crippen LogP contribution in [-0.2, 0) is 4.43 Å². The summed E-state index contributed by atoms with van der Waals surface area (Å²) < 4.78 is 6.24. The van der Waals surface area contributed by atoms with E-state index in [0.717, 1.165) is 19.4 Å². The molecule has 0 fully saturated rings. The molecule has 27 heavy (non-hydrogen) atoms. The summed E-state index contributed by atoms with van der Waals surface area (Å²) in [4.78, 5) is 0. The van der Waals surface area contributed by atoms with Gasteiger partial charge in [-0.2, -0.15) is 0 Å². The predicted octanol–water partition coefficient (Wildman–Crippen LogP) is 8.02. The number of unbranched alkanes of at least 4 members (excludes halogenated alkanes) is 11. The quantitative estimate of drug-likeness (QED) is 0.153. The first-order chi connectivity index (χ1) is 12.5. The Bertz CT molecular complexity index is 369. The zero-order valence-electron chi connectivity index (χ0n) is 19.5. The number of hydrogen-bond donors (Lipinski definition) is 1. The molecule has 0 rings (SSSR count). The van der Waals surface area contributed by atoms with Crippen molar-refractivity contribution in [2.24, 2.45) is 0 Å². The summed E-state index contributed by atoms with van der Waals surface area (Å²) in [6, 6.07) is 0. The zero-order valence-corrected chi connectivity index (χ0v) is 20.5. The Morgan fingerprint density at radius 2 is 1.11 bits per heavy atom. The third-order valence-corrected chi connectivity index (χ3v) is 10.8. The van der Waals surface area contributed by atoms with Gasteiger partial charge >= 0.3 is 0 Å². The summed E-state index contributed by atoms with van der Waals surface area (Å²) >= 11 is 0. The summed E-state index contributed by atoms with van der Waals surface area (Å²) in [6.07, 6.45) is 18.4. The van der Waals surface area contributed by atoms with E-state index >= 15 is 0 Å². The van der Waals surface area contributed by atoms with Crippen LogP contribution in [0, 0.1) is 0 Å². The van der Waals surface area contributed by atoms with E-state index in [1.165, 1.54) is 70.6 Å². The summed E-state index contributed by atoms with van der Waals surface area (Å²) in [5.74, 6) is 0. The molecule has 1 unspecified atom stereocenters. The monoisotopic (exact) mass is 398 g/mol. The van der Waals surface area contributed by atoms with E-state index in [2.05, 4.69) is 40.4 Å². The molecule has 1 atom stereocenters. The standard InChI is InChI=1S/C24H50O2Si/c1-8-24(5,25)21-19-17-15-13-11-9-10-12-14-16-18-20-22-26-27(6,7)23(2,3)4/h8,25H,1,9-22H2,2-7H3. The second kappa shape index (κ2) is 14.0. The predicted molar refractivity (Wildman–Crippen MR) is 124 cm³/mol. The molecular formula is C24H50O2Si. The SMILES string of the molecule is C=CC(C)(O)CCCCCCCCCCCCCCO[Si](C)(C)C(C)(C)C. The van der Waals surface area contributed by atoms with E-state index in [1.807, 2.05) is 6.92 Å². The normalized spacial score (nSPS) is 14.9. The first-order valence-corrected chi connectivity index (χ1v) is 14.4. The van der Waals surface area contributed by atoms with Crippen LogP contribution in [0.1, 0.15) is 111 Å². The molecule has 0 saturated heterocycles. The van der Waals surface area contributed by atoms with Crippen molar-refractivity contribution >= 4 is 8.32 Å². The van der Waals surface area contributed by atoms with Crippen molar-refractivity contribution < 1.29 is 9.53 Å². The molecule has 0 amide bonds. The highest BCUT2D eigenvalue weighted by molar-refractivity contribution is 6.74. The Labute approximate surface area is 172 Å². The van der Waals surface area contributed by atoms with Crippen LogP contribution in [0.4, 0.5) is 0 Å². The summed E-state index contributed by atoms with van der Waals surface area (Å²) in [6.45, 7) is 18.1. The molecular weight excluding hydrogens is 348 g/mol. The van der Waals surface area contributed by atoms with Gasteiger partial charge in [-0.3, -0.25) is 0 Å². The average Bonchev–Trinajstić information content (AvgIpc) is 2.57. The van der Waals surface area contributed by atoms with E-state index in [-0.39, 0.29) is 0 Å². The smallest absolute Gasteiger partial charge is 0.191 e. The second-order valence-electron chi connectivity index (χ2n) is 10.2. The maximum Gasteiger partial charge on any atom is 0.191 e. The van der Waals surface area contributed by atoms with Gasteiger partial charge in [0.25, 0.3) is 0 Å². The number of aliphatic hydroxyl groups is 1. The third kappa shape index (κ3) is 14.5. The molecule has 0 bridgehead atoms. The van der Waals surface area contributed by atoms with Crippen molar-refractivity contribution in [3.63, 3.8) is 0 Å². The Hall–Kier alpha value is -0.123. The molecule has 0 saturated carbocycles. The molecule has 0 heterocycles. The van der Waals surface area contributed by atoms with Crippen molar-refractivity contribution in [1.82, 2.24) is 0 Å². The first kappa shape index (κ1) is 26.9. The molecule has 1 N–H and O–H groups in total. The van der Waals surface area contributed by atoms with Crippen LogP contribution in [0.25, 0.3) is 0 Å². The largest absolute Gasteiger partial charge is 0.417 e. The lowest BCUT2D eigenvalue weighted by molar-refractivity contribution is 0.0988. The highest BCUT2D eigenvalue weighted by atomic mass is 28.4. The van der Waals surface area contributed by atoms with Crippen LogP contribution in [0.5, 0.6) is 0 Å². The first-order valence-electron chi connectivity index (χ1n) is 11.5. The van der Waals surface area contributed by atoms with Crippen LogP contribution in [-0.4, -0.2) is 25.6 Å². The molecule has 2 nitrogen and oxygen atoms in total. The molecule has 0 aromatic heterocycles. The minimum atomic E-state index is -1.54. The fourth-order valence-corrected chi connectivity index (χ4v) is 4.09. The van der Waals surface area contributed by atoms with Gasteiger partial charge < -0.3 is 9.53 Å². The summed E-state index contributed by atoms with van der Waals surface area (Å²) in [5.41, 5.74) is -0.670. The van der Waals surface area contributed by atoms with Gasteiger partial charge in [0.1, 0.15) is 0 Å². The van der Waals surface area contributed by atoms with Crippen LogP contribution >= 0.6 is 0 Å². The Morgan fingerprint density at radius 1 is 0.741 bits per heavy atom. The van der Waals surface area contributed by atoms with Gasteiger partial charge in [0.05, 0.1) is 5.60 Å². The van der Waals surface area contributed by atoms with E-state index in [9.17, 15) is 5.11 Å². The van der Waals surface area contributed by atoms with Crippen molar-refractivity contribution in [3.05, 3.63) is 12.7 Å². The Balaban J connectivity index is 3.31. The average molecular weight is 399 g/mol. The molecule has 0 aromatic rings. The maximum atomic E-state index is 9.86. The topological polar surface area (TPSA) is 29.5 Å². The van der Waals surface area contributed by atoms with Crippen LogP contribution in [0.15, 0.2) is 12.7 Å². The minimum absolute atomic E-state index is 0.331. The van der Waals surface area contributed by atoms with Gasteiger partial charge in [0, 0.05) is 6.61 Å². The van der Waals surface area contributed by atoms with Gasteiger partial charge in [-0.25, -0.2) is 0 Å². The lowest BCUT2D eigenvalue weighted by Crippen LogP contribution is -2.40. The molecule has 0 radical (unpaired) electrons. The Kier molecular flexibility index (Phi) is 13.9. The fraction of sp³-hybridized carbons (Fsp3) is 0.917. The van der Waals surface area contributed by atoms with Crippen molar-refractivity contribution in [1.29, 1.82) is 0 Å². The molecule has 0 spiro atoms. The third-order valence-electron chi connectivity index (χ3n) is 6.29. The summed E-state index contributed by atoms with van der Waals surface area (Å²) in [5, 5.41) is 10.2. The van der Waals surface area contributed by atoms with Crippen molar-refractivity contribution in [2.75, 3.05) is 6.61 Å². The van der Waals surface area contributed by atoms with E-state index in [4.69, 9.17) is 4.43 Å². The fourth-order valence-electron chi connectivity index (χ4n) is 3.00. The van der Waals surface area contributed by atoms with Crippen LogP contribution < -0.4 is 0 Å². The van der Waals surface area contributed by atoms with Crippen molar-refractivity contribution in [2.45, 2.75) is 135 Å². The van der Waals surface area contributed by atoms with Crippen LogP contribution in [0.3, 0.4) is 0 Å². The maximum absolute atomic E-state index is 9.86. The highest BCUT2D eigenvalue weighted by Crippen LogP contribution is 2.36. The molecule has 0 aliphatic carbocycles. The van der Waals surface area contributed by atoms with E-state index in [1.54, 1.807) is 6.08 Å². The summed E-state index contributed by atoms with van der Waals surface area (Å²) in [7, 11) is -1.54. The van der Waals surface area contributed by atoms with E-state index < -0.39 is 13.9 Å². The van der Waals surface area contributed by atoms with Crippen LogP contribution in [0.2, 0.25) is 18.1 Å². The van der Waals surface area contributed by atoms with Gasteiger partial charge in [0.2, 0.25) is 0 Å². The van der Waals surface area contributed by atoms with Gasteiger partial charge in [-0.05, 0) is 37.9 Å². The van der Waals surface area contributed by atoms with E-state index in [0.29, 0.717) is 5.04 Å². The number of rotatable bonds is 17. The minimum Gasteiger partial charge on any atom is -0.417 e. The molecule has 0 aliphatic heterocycles. The van der Waals surface area contributed by atoms with Crippen molar-refractivity contribution in [3.8, 4) is 0 Å².